The molecule has 0 saturated heterocycles. The van der Waals surface area contributed by atoms with Crippen LogP contribution in [-0.4, -0.2) is 52.3 Å². The first kappa shape index (κ1) is 49.2. The molecule has 0 N–H and O–H groups in total. The van der Waals surface area contributed by atoms with E-state index in [1.54, 1.807) is 0 Å². The minimum Gasteiger partial charge on any atom is -0.462 e. The lowest BCUT2D eigenvalue weighted by atomic mass is 9.75. The summed E-state index contributed by atoms with van der Waals surface area (Å²) in [5, 5.41) is 0. The van der Waals surface area contributed by atoms with Crippen molar-refractivity contribution < 1.29 is 57.0 Å². The molecule has 0 radical (unpaired) electrons. The number of carbonyl (C=O) groups excluding carboxylic acids is 2. The highest BCUT2D eigenvalue weighted by molar-refractivity contribution is 5.98. The summed E-state index contributed by atoms with van der Waals surface area (Å²) in [5.74, 6) is 2.05. The van der Waals surface area contributed by atoms with Crippen LogP contribution in [0.3, 0.4) is 0 Å². The topological polar surface area (TPSA) is 126 Å². The van der Waals surface area contributed by atoms with Gasteiger partial charge in [0.2, 0.25) is 27.2 Å². The average molecular weight is 961 g/mol. The molecule has 70 heavy (non-hydrogen) atoms. The van der Waals surface area contributed by atoms with Crippen LogP contribution in [0.4, 0.5) is 0 Å². The lowest BCUT2D eigenvalue weighted by molar-refractivity contribution is 0.0486. The van der Waals surface area contributed by atoms with Gasteiger partial charge in [-0.1, -0.05) is 105 Å². The van der Waals surface area contributed by atoms with Crippen LogP contribution >= 0.6 is 0 Å². The van der Waals surface area contributed by atoms with Crippen molar-refractivity contribution in [1.82, 2.24) is 0 Å². The number of hydrogen-bond donors (Lipinski definition) is 0. The van der Waals surface area contributed by atoms with Crippen molar-refractivity contribution in [3.05, 3.63) is 92.0 Å². The van der Waals surface area contributed by atoms with Gasteiger partial charge in [-0.05, 0) is 63.8 Å². The van der Waals surface area contributed by atoms with E-state index in [0.717, 1.165) is 147 Å². The zero-order valence-corrected chi connectivity index (χ0v) is 42.2. The molecular formula is C58H72O12. The molecule has 8 bridgehead atoms. The Labute approximate surface area is 413 Å². The van der Waals surface area contributed by atoms with Gasteiger partial charge in [-0.25, -0.2) is 9.59 Å². The predicted molar refractivity (Wildman–Crippen MR) is 266 cm³/mol. The summed E-state index contributed by atoms with van der Waals surface area (Å²) in [4.78, 5) is 29.4. The van der Waals surface area contributed by atoms with Crippen LogP contribution in [0.1, 0.15) is 233 Å². The second-order valence-corrected chi connectivity index (χ2v) is 19.3. The average Bonchev–Trinajstić information content (AvgIpc) is 3.33. The quantitative estimate of drug-likeness (QED) is 0.0618. The molecule has 5 aliphatic rings. The Hall–Kier alpha value is -5.78. The van der Waals surface area contributed by atoms with E-state index in [-0.39, 0.29) is 75.2 Å². The van der Waals surface area contributed by atoms with Crippen LogP contribution in [-0.2, 0) is 9.47 Å². The molecule has 12 heteroatoms. The molecule has 0 spiro atoms. The molecule has 4 heterocycles. The Morgan fingerprint density at radius 1 is 0.371 bits per heavy atom. The molecule has 0 aromatic heterocycles. The summed E-state index contributed by atoms with van der Waals surface area (Å²) >= 11 is 0. The maximum atomic E-state index is 14.7. The third kappa shape index (κ3) is 9.56. The van der Waals surface area contributed by atoms with E-state index in [0.29, 0.717) is 46.0 Å². The Kier molecular flexibility index (Phi) is 15.8. The predicted octanol–water partition coefficient (Wildman–Crippen LogP) is 14.1. The summed E-state index contributed by atoms with van der Waals surface area (Å²) in [7, 11) is 0. The smallest absolute Gasteiger partial charge is 0.345 e. The number of hydrogen-bond acceptors (Lipinski definition) is 12. The summed E-state index contributed by atoms with van der Waals surface area (Å²) in [6.45, 7) is 12.1. The maximum absolute atomic E-state index is 14.7. The molecule has 4 aromatic rings. The largest absolute Gasteiger partial charge is 0.462 e. The van der Waals surface area contributed by atoms with Gasteiger partial charge in [-0.3, -0.25) is 0 Å². The van der Waals surface area contributed by atoms with E-state index in [1.165, 1.54) is 0 Å². The maximum Gasteiger partial charge on any atom is 0.345 e. The van der Waals surface area contributed by atoms with E-state index in [9.17, 15) is 9.59 Å². The Balaban J connectivity index is 1.46. The molecule has 1 aliphatic carbocycles. The fourth-order valence-electron chi connectivity index (χ4n) is 11.5. The molecular weight excluding hydrogens is 889 g/mol. The first-order valence-corrected chi connectivity index (χ1v) is 26.5. The molecule has 0 saturated carbocycles. The minimum absolute atomic E-state index is 0.169. The van der Waals surface area contributed by atoms with Crippen molar-refractivity contribution in [2.75, 3.05) is 40.4 Å². The van der Waals surface area contributed by atoms with Gasteiger partial charge in [0.25, 0.3) is 0 Å². The summed E-state index contributed by atoms with van der Waals surface area (Å²) in [5.41, 5.74) is 7.98. The fraction of sp³-hybridized carbons (Fsp3) is 0.552. The molecule has 4 aliphatic heterocycles. The van der Waals surface area contributed by atoms with Gasteiger partial charge in [-0.2, -0.15) is 0 Å². The lowest BCUT2D eigenvalue weighted by Crippen LogP contribution is -2.25. The standard InChI is InChI=1S/C58H72O12/c1-7-13-17-21-35-39-25-40-36(22-18-14-8-2)45-28-46-38(24-20-16-10-4)42-26-41-37(23-19-15-9-3)44-27-43(35)53-51(57(59)61-11-5)54(44)68-33-65-49(41)30-50(42)66-34-70-56(46)52(58(60)62-12-6)55(45)69-32-64-48(40)29-47(39)63-31-67-53/h25-30,35-38H,7-24,31-34H2,1-6H3. The van der Waals surface area contributed by atoms with Crippen LogP contribution in [0.15, 0.2) is 36.4 Å². The zero-order valence-electron chi connectivity index (χ0n) is 42.2. The van der Waals surface area contributed by atoms with Gasteiger partial charge in [0.1, 0.15) is 57.1 Å². The first-order chi connectivity index (χ1) is 34.3. The van der Waals surface area contributed by atoms with E-state index >= 15 is 0 Å². The van der Waals surface area contributed by atoms with E-state index in [1.807, 2.05) is 26.0 Å². The van der Waals surface area contributed by atoms with Gasteiger partial charge in [0.05, 0.1) is 13.2 Å². The number of rotatable bonds is 20. The molecule has 4 atom stereocenters. The highest BCUT2D eigenvalue weighted by Gasteiger charge is 2.41. The molecule has 9 rings (SSSR count). The van der Waals surface area contributed by atoms with Crippen LogP contribution in [0.5, 0.6) is 46.0 Å². The summed E-state index contributed by atoms with van der Waals surface area (Å²) < 4.78 is 65.2. The molecule has 12 nitrogen and oxygen atoms in total. The van der Waals surface area contributed by atoms with Crippen molar-refractivity contribution in [1.29, 1.82) is 0 Å². The van der Waals surface area contributed by atoms with Gasteiger partial charge in [0, 0.05) is 80.3 Å². The van der Waals surface area contributed by atoms with Crippen molar-refractivity contribution in [2.24, 2.45) is 0 Å². The molecule has 4 aromatic carbocycles. The van der Waals surface area contributed by atoms with Gasteiger partial charge in [-0.15, -0.1) is 0 Å². The highest BCUT2D eigenvalue weighted by Crippen LogP contribution is 2.57. The summed E-state index contributed by atoms with van der Waals surface area (Å²) in [6.07, 6.45) is 14.9. The SMILES string of the molecule is CCCCCC1c2cc3c4cc2OCOc2c1cc1c(c2C(=O)OCC)OCOc2cc5c(cc2C1CCCCC)C(CCCCC)c1cc(c(c(C(=O)OCC)c1OCO5)OCO4)C3CCCCC. The molecule has 4 unspecified atom stereocenters. The lowest BCUT2D eigenvalue weighted by Gasteiger charge is -2.36. The number of unbranched alkanes of at least 4 members (excludes halogenated alkanes) is 8. The molecule has 0 amide bonds. The second-order valence-electron chi connectivity index (χ2n) is 19.3. The first-order valence-electron chi connectivity index (χ1n) is 26.5. The Morgan fingerprint density at radius 3 is 0.871 bits per heavy atom. The normalized spacial score (nSPS) is 18.8. The second kappa shape index (κ2) is 22.5. The number of ether oxygens (including phenoxy) is 10. The van der Waals surface area contributed by atoms with Crippen molar-refractivity contribution in [3.63, 3.8) is 0 Å². The van der Waals surface area contributed by atoms with E-state index in [2.05, 4.69) is 52.0 Å². The van der Waals surface area contributed by atoms with Crippen LogP contribution in [0.25, 0.3) is 0 Å². The monoisotopic (exact) mass is 961 g/mol. The van der Waals surface area contributed by atoms with Gasteiger partial charge in [0.15, 0.2) is 0 Å². The molecule has 0 fully saturated rings. The van der Waals surface area contributed by atoms with Crippen LogP contribution in [0.2, 0.25) is 0 Å². The zero-order chi connectivity index (χ0) is 48.7. The van der Waals surface area contributed by atoms with Crippen LogP contribution < -0.4 is 37.9 Å². The number of benzene rings is 4. The number of esters is 2. The van der Waals surface area contributed by atoms with Gasteiger partial charge < -0.3 is 47.4 Å². The Bertz CT molecular complexity index is 2220. The Morgan fingerprint density at radius 2 is 0.629 bits per heavy atom. The van der Waals surface area contributed by atoms with Crippen molar-refractivity contribution in [3.8, 4) is 46.0 Å². The van der Waals surface area contributed by atoms with Crippen molar-refractivity contribution >= 4 is 11.9 Å². The van der Waals surface area contributed by atoms with E-state index < -0.39 is 11.9 Å². The van der Waals surface area contributed by atoms with E-state index in [4.69, 9.17) is 47.4 Å². The third-order valence-corrected chi connectivity index (χ3v) is 14.9. The summed E-state index contributed by atoms with van der Waals surface area (Å²) in [6, 6.07) is 13.1. The van der Waals surface area contributed by atoms with Crippen LogP contribution in [0, 0.1) is 0 Å². The molecule has 376 valence electrons. The minimum atomic E-state index is -0.521. The fourth-order valence-corrected chi connectivity index (χ4v) is 11.5. The highest BCUT2D eigenvalue weighted by atomic mass is 16.7. The van der Waals surface area contributed by atoms with Crippen molar-refractivity contribution in [2.45, 2.75) is 168 Å². The number of carbonyl (C=O) groups is 2. The van der Waals surface area contributed by atoms with Gasteiger partial charge >= 0.3 is 11.9 Å². The third-order valence-electron chi connectivity index (χ3n) is 14.9.